The van der Waals surface area contributed by atoms with Crippen LogP contribution in [0.25, 0.3) is 0 Å². The molecular formula is C29H28F3NO5. The highest BCUT2D eigenvalue weighted by molar-refractivity contribution is 6.09. The number of alkyl halides is 3. The predicted molar refractivity (Wildman–Crippen MR) is 132 cm³/mol. The van der Waals surface area contributed by atoms with E-state index < -0.39 is 28.9 Å². The molecule has 200 valence electrons. The Morgan fingerprint density at radius 2 is 1.79 bits per heavy atom. The molecule has 0 aliphatic carbocycles. The first-order valence-electron chi connectivity index (χ1n) is 12.5. The number of ether oxygens (including phenoxy) is 3. The molecule has 1 saturated heterocycles. The molecule has 1 N–H and O–H groups in total. The van der Waals surface area contributed by atoms with E-state index in [1.54, 1.807) is 6.07 Å². The summed E-state index contributed by atoms with van der Waals surface area (Å²) in [5.74, 6) is -0.669. The summed E-state index contributed by atoms with van der Waals surface area (Å²) in [4.78, 5) is 14.0. The Morgan fingerprint density at radius 3 is 2.47 bits per heavy atom. The van der Waals surface area contributed by atoms with Crippen molar-refractivity contribution in [3.8, 4) is 11.5 Å². The van der Waals surface area contributed by atoms with Gasteiger partial charge in [-0.15, -0.1) is 0 Å². The second-order valence-corrected chi connectivity index (χ2v) is 11.3. The van der Waals surface area contributed by atoms with Gasteiger partial charge < -0.3 is 23.9 Å². The van der Waals surface area contributed by atoms with Crippen molar-refractivity contribution in [2.24, 2.45) is 11.3 Å². The Labute approximate surface area is 218 Å². The van der Waals surface area contributed by atoms with Gasteiger partial charge in [0.1, 0.15) is 28.3 Å². The summed E-state index contributed by atoms with van der Waals surface area (Å²) in [5.41, 5.74) is -0.171. The average molecular weight is 528 g/mol. The minimum absolute atomic E-state index is 0.0507. The number of anilines is 1. The van der Waals surface area contributed by atoms with Crippen LogP contribution in [0.5, 0.6) is 11.5 Å². The normalized spacial score (nSPS) is 24.7. The minimum atomic E-state index is -4.60. The fraction of sp³-hybridized carbons (Fsp3) is 0.414. The van der Waals surface area contributed by atoms with Crippen LogP contribution in [-0.4, -0.2) is 31.3 Å². The topological polar surface area (TPSA) is 69.9 Å². The highest BCUT2D eigenvalue weighted by atomic mass is 19.4. The summed E-state index contributed by atoms with van der Waals surface area (Å²) >= 11 is 0. The van der Waals surface area contributed by atoms with Crippen LogP contribution in [0.15, 0.2) is 59.0 Å². The van der Waals surface area contributed by atoms with Crippen LogP contribution in [0.2, 0.25) is 0 Å². The number of benzene rings is 2. The predicted octanol–water partition coefficient (Wildman–Crippen LogP) is 5.98. The number of halogens is 3. The van der Waals surface area contributed by atoms with Gasteiger partial charge in [0.25, 0.3) is 0 Å². The molecule has 1 aromatic heterocycles. The molecule has 2 aromatic carbocycles. The molecule has 2 atom stereocenters. The quantitative estimate of drug-likeness (QED) is 0.442. The van der Waals surface area contributed by atoms with Crippen LogP contribution in [0, 0.1) is 11.3 Å². The number of hydrogen-bond donors (Lipinski definition) is 1. The number of hydrogen-bond acceptors (Lipinski definition) is 5. The second kappa shape index (κ2) is 8.27. The van der Waals surface area contributed by atoms with Crippen molar-refractivity contribution < 1.29 is 36.6 Å². The van der Waals surface area contributed by atoms with Gasteiger partial charge in [0, 0.05) is 35.1 Å². The van der Waals surface area contributed by atoms with Crippen molar-refractivity contribution in [2.75, 3.05) is 25.1 Å². The number of carbonyl (C=O) groups is 1. The lowest BCUT2D eigenvalue weighted by Gasteiger charge is -2.50. The molecule has 6 nitrogen and oxygen atoms in total. The largest absolute Gasteiger partial charge is 0.493 e. The molecule has 1 fully saturated rings. The number of amides is 1. The van der Waals surface area contributed by atoms with Crippen LogP contribution >= 0.6 is 0 Å². The maximum absolute atomic E-state index is 14.0. The molecule has 38 heavy (non-hydrogen) atoms. The fourth-order valence-corrected chi connectivity index (χ4v) is 5.99. The molecule has 0 radical (unpaired) electrons. The molecule has 6 rings (SSSR count). The van der Waals surface area contributed by atoms with Crippen molar-refractivity contribution in [3.05, 3.63) is 77.2 Å². The lowest BCUT2D eigenvalue weighted by atomic mass is 9.58. The third-order valence-electron chi connectivity index (χ3n) is 7.91. The Bertz CT molecular complexity index is 1410. The van der Waals surface area contributed by atoms with Gasteiger partial charge in [-0.3, -0.25) is 4.79 Å². The monoisotopic (exact) mass is 527 g/mol. The summed E-state index contributed by atoms with van der Waals surface area (Å²) in [7, 11) is 0. The second-order valence-electron chi connectivity index (χ2n) is 11.3. The molecule has 3 aromatic rings. The van der Waals surface area contributed by atoms with Crippen molar-refractivity contribution in [1.29, 1.82) is 0 Å². The molecule has 1 spiro atoms. The number of fused-ring (bicyclic) bond motifs is 4. The van der Waals surface area contributed by atoms with E-state index in [1.807, 2.05) is 50.2 Å². The molecule has 9 heteroatoms. The van der Waals surface area contributed by atoms with Crippen LogP contribution < -0.4 is 14.8 Å². The molecule has 2 unspecified atom stereocenters. The first-order valence-corrected chi connectivity index (χ1v) is 12.5. The summed E-state index contributed by atoms with van der Waals surface area (Å²) in [6.45, 7) is 7.53. The summed E-state index contributed by atoms with van der Waals surface area (Å²) in [5, 5.41) is 3.01. The van der Waals surface area contributed by atoms with Crippen LogP contribution in [0.4, 0.5) is 18.9 Å². The van der Waals surface area contributed by atoms with Gasteiger partial charge in [-0.1, -0.05) is 31.2 Å². The van der Waals surface area contributed by atoms with E-state index in [-0.39, 0.29) is 23.5 Å². The van der Waals surface area contributed by atoms with Crippen molar-refractivity contribution in [3.63, 3.8) is 0 Å². The molecule has 1 amide bonds. The molecule has 0 saturated carbocycles. The van der Waals surface area contributed by atoms with E-state index in [9.17, 15) is 18.0 Å². The summed E-state index contributed by atoms with van der Waals surface area (Å²) in [6.07, 6.45) is -4.54. The highest BCUT2D eigenvalue weighted by Gasteiger charge is 2.62. The molecule has 4 heterocycles. The highest BCUT2D eigenvalue weighted by Crippen LogP contribution is 2.58. The minimum Gasteiger partial charge on any atom is -0.493 e. The standard InChI is InChI=1S/C29H28F3NO5/c1-26(2)23(13-18-9-11-24(37-18)29(30,31)32)28(19-6-4-5-7-21(19)33-25(28)34)20-10-8-17(12-22(20)38-26)36-16-27(3)14-35-15-27/h4-12,23H,13-16H2,1-3H3,(H,33,34). The van der Waals surface area contributed by atoms with Gasteiger partial charge in [0.2, 0.25) is 11.7 Å². The van der Waals surface area contributed by atoms with Gasteiger partial charge in [0.15, 0.2) is 0 Å². The Hall–Kier alpha value is -3.46. The van der Waals surface area contributed by atoms with E-state index >= 15 is 0 Å². The Morgan fingerprint density at radius 1 is 1.03 bits per heavy atom. The SMILES string of the molecule is CC1(COc2ccc3c(c2)OC(C)(C)C(Cc2ccc(C(F)(F)F)o2)C32C(=O)Nc3ccccc32)COC1. The van der Waals surface area contributed by atoms with Gasteiger partial charge in [-0.05, 0) is 43.7 Å². The third-order valence-corrected chi connectivity index (χ3v) is 7.91. The first kappa shape index (κ1) is 24.9. The number of para-hydroxylation sites is 1. The first-order chi connectivity index (χ1) is 17.9. The van der Waals surface area contributed by atoms with Crippen molar-refractivity contribution in [2.45, 2.75) is 44.4 Å². The summed E-state index contributed by atoms with van der Waals surface area (Å²) in [6, 6.07) is 15.1. The van der Waals surface area contributed by atoms with Gasteiger partial charge in [-0.25, -0.2) is 0 Å². The Kier molecular flexibility index (Phi) is 5.41. The van der Waals surface area contributed by atoms with Crippen molar-refractivity contribution >= 4 is 11.6 Å². The third kappa shape index (κ3) is 3.78. The zero-order valence-corrected chi connectivity index (χ0v) is 21.3. The maximum atomic E-state index is 14.0. The van der Waals surface area contributed by atoms with Crippen LogP contribution in [0.3, 0.4) is 0 Å². The molecule has 3 aliphatic rings. The van der Waals surface area contributed by atoms with E-state index in [0.29, 0.717) is 42.6 Å². The van der Waals surface area contributed by atoms with Crippen LogP contribution in [0.1, 0.15) is 43.4 Å². The maximum Gasteiger partial charge on any atom is 0.449 e. The van der Waals surface area contributed by atoms with Crippen LogP contribution in [-0.2, 0) is 27.5 Å². The number of nitrogens with one attached hydrogen (secondary N) is 1. The number of rotatable bonds is 5. The number of furan rings is 1. The summed E-state index contributed by atoms with van der Waals surface area (Å²) < 4.78 is 62.9. The lowest BCUT2D eigenvalue weighted by Crippen LogP contribution is -2.58. The van der Waals surface area contributed by atoms with E-state index in [0.717, 1.165) is 11.6 Å². The Balaban J connectivity index is 1.46. The fourth-order valence-electron chi connectivity index (χ4n) is 5.99. The zero-order valence-electron chi connectivity index (χ0n) is 21.3. The molecule has 0 bridgehead atoms. The molecular weight excluding hydrogens is 499 g/mol. The van der Waals surface area contributed by atoms with Gasteiger partial charge in [0.05, 0.1) is 19.8 Å². The zero-order chi connectivity index (χ0) is 26.9. The average Bonchev–Trinajstić information content (AvgIpc) is 3.42. The smallest absolute Gasteiger partial charge is 0.449 e. The van der Waals surface area contributed by atoms with E-state index in [1.165, 1.54) is 6.07 Å². The van der Waals surface area contributed by atoms with Gasteiger partial charge >= 0.3 is 6.18 Å². The van der Waals surface area contributed by atoms with E-state index in [4.69, 9.17) is 18.6 Å². The number of carbonyl (C=O) groups excluding carboxylic acids is 1. The molecule has 3 aliphatic heterocycles. The van der Waals surface area contributed by atoms with Gasteiger partial charge in [-0.2, -0.15) is 13.2 Å². The lowest BCUT2D eigenvalue weighted by molar-refractivity contribution is -0.153. The van der Waals surface area contributed by atoms with Crippen molar-refractivity contribution in [1.82, 2.24) is 0 Å². The van der Waals surface area contributed by atoms with E-state index in [2.05, 4.69) is 12.2 Å².